The zero-order valence-electron chi connectivity index (χ0n) is 17.1. The number of halogens is 3. The molecule has 0 aromatic heterocycles. The SMILES string of the molecule is N#Cc1ccc(N2CCCCN2C(=O)Cc2cccc(OC(F)(F)F)c2)c2ccccc12. The summed E-state index contributed by atoms with van der Waals surface area (Å²) in [6.45, 7) is 1.13. The molecular weight excluding hydrogens is 419 g/mol. The van der Waals surface area contributed by atoms with E-state index in [0.717, 1.165) is 29.3 Å². The predicted molar refractivity (Wildman–Crippen MR) is 114 cm³/mol. The summed E-state index contributed by atoms with van der Waals surface area (Å²) in [6, 6.07) is 18.8. The molecule has 1 heterocycles. The lowest BCUT2D eigenvalue weighted by molar-refractivity contribution is -0.274. The van der Waals surface area contributed by atoms with Gasteiger partial charge in [0.1, 0.15) is 5.75 Å². The van der Waals surface area contributed by atoms with Crippen molar-refractivity contribution in [3.05, 3.63) is 71.8 Å². The van der Waals surface area contributed by atoms with Gasteiger partial charge in [-0.1, -0.05) is 36.4 Å². The van der Waals surface area contributed by atoms with Gasteiger partial charge in [-0.05, 0) is 42.7 Å². The van der Waals surface area contributed by atoms with Crippen molar-refractivity contribution in [1.29, 1.82) is 5.26 Å². The summed E-state index contributed by atoms with van der Waals surface area (Å²) in [5.41, 5.74) is 1.81. The number of hydrogen-bond donors (Lipinski definition) is 0. The highest BCUT2D eigenvalue weighted by Crippen LogP contribution is 2.32. The number of nitriles is 1. The average Bonchev–Trinajstić information content (AvgIpc) is 2.77. The minimum absolute atomic E-state index is 0.0558. The standard InChI is InChI=1S/C24H20F3N3O2/c25-24(26,27)32-19-7-5-6-17(14-19)15-23(31)30-13-4-3-12-29(30)22-11-10-18(16-28)20-8-1-2-9-21(20)22/h1-2,5-11,14H,3-4,12-13,15H2. The van der Waals surface area contributed by atoms with Gasteiger partial charge in [0.25, 0.3) is 0 Å². The van der Waals surface area contributed by atoms with Crippen molar-refractivity contribution in [3.8, 4) is 11.8 Å². The number of carbonyl (C=O) groups excluding carboxylic acids is 1. The van der Waals surface area contributed by atoms with E-state index >= 15 is 0 Å². The van der Waals surface area contributed by atoms with Gasteiger partial charge >= 0.3 is 6.36 Å². The van der Waals surface area contributed by atoms with Crippen LogP contribution < -0.4 is 9.75 Å². The first kappa shape index (κ1) is 21.5. The van der Waals surface area contributed by atoms with Gasteiger partial charge in [-0.3, -0.25) is 14.8 Å². The molecule has 0 bridgehead atoms. The zero-order valence-corrected chi connectivity index (χ0v) is 17.1. The molecule has 3 aromatic rings. The monoisotopic (exact) mass is 439 g/mol. The number of carbonyl (C=O) groups is 1. The second-order valence-corrected chi connectivity index (χ2v) is 7.51. The Balaban J connectivity index is 1.61. The lowest BCUT2D eigenvalue weighted by atomic mass is 10.0. The topological polar surface area (TPSA) is 56.6 Å². The molecule has 1 fully saturated rings. The second-order valence-electron chi connectivity index (χ2n) is 7.51. The molecule has 0 N–H and O–H groups in total. The largest absolute Gasteiger partial charge is 0.573 e. The van der Waals surface area contributed by atoms with Crippen LogP contribution in [0.3, 0.4) is 0 Å². The fourth-order valence-corrected chi connectivity index (χ4v) is 4.00. The summed E-state index contributed by atoms with van der Waals surface area (Å²) in [4.78, 5) is 13.2. The quantitative estimate of drug-likeness (QED) is 0.561. The number of fused-ring (bicyclic) bond motifs is 1. The van der Waals surface area contributed by atoms with Crippen LogP contribution in [0.5, 0.6) is 5.75 Å². The van der Waals surface area contributed by atoms with E-state index in [0.29, 0.717) is 24.2 Å². The van der Waals surface area contributed by atoms with Gasteiger partial charge in [-0.2, -0.15) is 5.26 Å². The highest BCUT2D eigenvalue weighted by Gasteiger charge is 2.31. The Kier molecular flexibility index (Phi) is 5.91. The Hall–Kier alpha value is -3.73. The van der Waals surface area contributed by atoms with Crippen molar-refractivity contribution in [3.63, 3.8) is 0 Å². The fraction of sp³-hybridized carbons (Fsp3) is 0.250. The molecule has 1 aliphatic rings. The van der Waals surface area contributed by atoms with E-state index in [1.54, 1.807) is 17.1 Å². The molecule has 164 valence electrons. The summed E-state index contributed by atoms with van der Waals surface area (Å²) in [7, 11) is 0. The van der Waals surface area contributed by atoms with Crippen LogP contribution in [0.1, 0.15) is 24.0 Å². The summed E-state index contributed by atoms with van der Waals surface area (Å²) >= 11 is 0. The first-order valence-corrected chi connectivity index (χ1v) is 10.2. The van der Waals surface area contributed by atoms with Crippen LogP contribution in [-0.2, 0) is 11.2 Å². The molecule has 3 aromatic carbocycles. The van der Waals surface area contributed by atoms with Crippen molar-refractivity contribution in [2.45, 2.75) is 25.6 Å². The Bertz CT molecular complexity index is 1190. The summed E-state index contributed by atoms with van der Waals surface area (Å²) in [5, 5.41) is 14.7. The Labute approximate surface area is 183 Å². The number of amides is 1. The lowest BCUT2D eigenvalue weighted by Crippen LogP contribution is -2.51. The Morgan fingerprint density at radius 3 is 2.50 bits per heavy atom. The molecule has 32 heavy (non-hydrogen) atoms. The minimum atomic E-state index is -4.79. The first-order valence-electron chi connectivity index (χ1n) is 10.2. The number of nitrogens with zero attached hydrogens (tertiary/aromatic N) is 3. The van der Waals surface area contributed by atoms with Gasteiger partial charge in [0.05, 0.1) is 23.7 Å². The van der Waals surface area contributed by atoms with Gasteiger partial charge in [0, 0.05) is 23.9 Å². The molecule has 8 heteroatoms. The summed E-state index contributed by atoms with van der Waals surface area (Å²) in [6.07, 6.45) is -3.12. The van der Waals surface area contributed by atoms with Crippen LogP contribution in [0.4, 0.5) is 18.9 Å². The van der Waals surface area contributed by atoms with Crippen LogP contribution in [0, 0.1) is 11.3 Å². The molecule has 4 rings (SSSR count). The summed E-state index contributed by atoms with van der Waals surface area (Å²) in [5.74, 6) is -0.571. The third-order valence-electron chi connectivity index (χ3n) is 5.36. The van der Waals surface area contributed by atoms with Crippen LogP contribution >= 0.6 is 0 Å². The van der Waals surface area contributed by atoms with Crippen LogP contribution in [0.15, 0.2) is 60.7 Å². The van der Waals surface area contributed by atoms with E-state index in [2.05, 4.69) is 10.8 Å². The van der Waals surface area contributed by atoms with Crippen molar-refractivity contribution >= 4 is 22.4 Å². The van der Waals surface area contributed by atoms with Crippen LogP contribution in [0.2, 0.25) is 0 Å². The van der Waals surface area contributed by atoms with Gasteiger partial charge in [-0.25, -0.2) is 0 Å². The lowest BCUT2D eigenvalue weighted by Gasteiger charge is -2.41. The third-order valence-corrected chi connectivity index (χ3v) is 5.36. The molecule has 0 atom stereocenters. The number of hydrogen-bond acceptors (Lipinski definition) is 4. The van der Waals surface area contributed by atoms with Crippen molar-refractivity contribution in [2.24, 2.45) is 0 Å². The highest BCUT2D eigenvalue weighted by molar-refractivity contribution is 5.98. The van der Waals surface area contributed by atoms with Gasteiger partial charge in [0.15, 0.2) is 0 Å². The van der Waals surface area contributed by atoms with E-state index < -0.39 is 6.36 Å². The number of alkyl halides is 3. The fourth-order valence-electron chi connectivity index (χ4n) is 4.00. The maximum atomic E-state index is 13.2. The average molecular weight is 439 g/mol. The van der Waals surface area contributed by atoms with Gasteiger partial charge in [0.2, 0.25) is 5.91 Å². The van der Waals surface area contributed by atoms with Gasteiger partial charge in [-0.15, -0.1) is 13.2 Å². The molecular formula is C24H20F3N3O2. The maximum Gasteiger partial charge on any atom is 0.573 e. The number of benzene rings is 3. The van der Waals surface area contributed by atoms with Crippen molar-refractivity contribution in [1.82, 2.24) is 5.01 Å². The highest BCUT2D eigenvalue weighted by atomic mass is 19.4. The molecule has 0 radical (unpaired) electrons. The Morgan fingerprint density at radius 2 is 1.75 bits per heavy atom. The number of rotatable bonds is 4. The van der Waals surface area contributed by atoms with E-state index in [1.807, 2.05) is 35.3 Å². The molecule has 1 aliphatic heterocycles. The van der Waals surface area contributed by atoms with Crippen LogP contribution in [0.25, 0.3) is 10.8 Å². The molecule has 1 amide bonds. The maximum absolute atomic E-state index is 13.2. The molecule has 0 unspecified atom stereocenters. The zero-order chi connectivity index (χ0) is 22.7. The predicted octanol–water partition coefficient (Wildman–Crippen LogP) is 5.20. The minimum Gasteiger partial charge on any atom is -0.406 e. The Morgan fingerprint density at radius 1 is 1.00 bits per heavy atom. The van der Waals surface area contributed by atoms with Crippen molar-refractivity contribution < 1.29 is 22.7 Å². The van der Waals surface area contributed by atoms with E-state index in [4.69, 9.17) is 0 Å². The van der Waals surface area contributed by atoms with Gasteiger partial charge < -0.3 is 4.74 Å². The second kappa shape index (κ2) is 8.79. The van der Waals surface area contributed by atoms with E-state index in [9.17, 15) is 23.2 Å². The van der Waals surface area contributed by atoms with E-state index in [1.165, 1.54) is 18.2 Å². The molecule has 0 saturated carbocycles. The van der Waals surface area contributed by atoms with Crippen molar-refractivity contribution in [2.75, 3.05) is 18.1 Å². The van der Waals surface area contributed by atoms with E-state index in [-0.39, 0.29) is 18.1 Å². The molecule has 0 spiro atoms. The molecule has 5 nitrogen and oxygen atoms in total. The van der Waals surface area contributed by atoms with Crippen LogP contribution in [-0.4, -0.2) is 30.4 Å². The number of anilines is 1. The number of ether oxygens (including phenoxy) is 1. The third kappa shape index (κ3) is 4.62. The molecule has 0 aliphatic carbocycles. The molecule has 1 saturated heterocycles. The normalized spacial score (nSPS) is 14.3. The summed E-state index contributed by atoms with van der Waals surface area (Å²) < 4.78 is 41.5. The smallest absolute Gasteiger partial charge is 0.406 e. The first-order chi connectivity index (χ1) is 15.4. The number of hydrazine groups is 1.